The third kappa shape index (κ3) is 6.43. The molecule has 0 saturated carbocycles. The second-order valence-corrected chi connectivity index (χ2v) is 10.4. The first-order chi connectivity index (χ1) is 23.1. The van der Waals surface area contributed by atoms with Gasteiger partial charge in [-0.2, -0.15) is 10.2 Å². The van der Waals surface area contributed by atoms with E-state index in [0.717, 1.165) is 33.7 Å². The van der Waals surface area contributed by atoms with Gasteiger partial charge in [-0.05, 0) is 59.4 Å². The maximum atomic E-state index is 10.6. The summed E-state index contributed by atoms with van der Waals surface area (Å²) < 4.78 is 2.21. The molecule has 11 nitrogen and oxygen atoms in total. The molecule has 0 aliphatic heterocycles. The Bertz CT molecular complexity index is 2320. The molecule has 0 fully saturated rings. The molecular weight excluding hydrogens is 783 g/mol. The summed E-state index contributed by atoms with van der Waals surface area (Å²) in [6, 6.07) is 38.2. The van der Waals surface area contributed by atoms with Crippen LogP contribution in [0.1, 0.15) is 5.56 Å². The second-order valence-electron chi connectivity index (χ2n) is 10.4. The molecule has 0 spiro atoms. The summed E-state index contributed by atoms with van der Waals surface area (Å²) in [5.74, 6) is 1.44. The molecule has 0 aliphatic rings. The van der Waals surface area contributed by atoms with Crippen LogP contribution < -0.4 is 0 Å². The van der Waals surface area contributed by atoms with Crippen LogP contribution in [-0.2, 0) is 20.1 Å². The van der Waals surface area contributed by atoms with Gasteiger partial charge in [0, 0.05) is 49.1 Å². The van der Waals surface area contributed by atoms with E-state index >= 15 is 0 Å². The molecule has 0 bridgehead atoms. The maximum Gasteiger partial charge on any atom is 0.220 e. The van der Waals surface area contributed by atoms with Gasteiger partial charge in [-0.1, -0.05) is 60.0 Å². The summed E-state index contributed by atoms with van der Waals surface area (Å²) in [6.07, 6.45) is 5.35. The molecule has 1 radical (unpaired) electrons. The molecular formula is C36H23IrN9O2-2. The summed E-state index contributed by atoms with van der Waals surface area (Å²) in [7, 11) is 0. The van der Waals surface area contributed by atoms with E-state index in [0.29, 0.717) is 17.1 Å². The van der Waals surface area contributed by atoms with Crippen LogP contribution in [0.2, 0.25) is 0 Å². The summed E-state index contributed by atoms with van der Waals surface area (Å²) in [4.78, 5) is 23.4. The minimum atomic E-state index is -0.498. The van der Waals surface area contributed by atoms with Gasteiger partial charge in [0.05, 0.1) is 0 Å². The van der Waals surface area contributed by atoms with Crippen LogP contribution in [-0.4, -0.2) is 44.8 Å². The Balaban J connectivity index is 0.000000168. The predicted molar refractivity (Wildman–Crippen MR) is 177 cm³/mol. The number of rotatable bonds is 5. The van der Waals surface area contributed by atoms with Gasteiger partial charge in [0.25, 0.3) is 0 Å². The van der Waals surface area contributed by atoms with Gasteiger partial charge >= 0.3 is 0 Å². The van der Waals surface area contributed by atoms with Crippen molar-refractivity contribution >= 4 is 27.5 Å². The van der Waals surface area contributed by atoms with Crippen LogP contribution >= 0.6 is 0 Å². The molecule has 12 heteroatoms. The average molecular weight is 806 g/mol. The van der Waals surface area contributed by atoms with Crippen molar-refractivity contribution in [3.63, 3.8) is 0 Å². The van der Waals surface area contributed by atoms with Gasteiger partial charge in [-0.3, -0.25) is 15.1 Å². The zero-order chi connectivity index (χ0) is 32.2. The van der Waals surface area contributed by atoms with Crippen LogP contribution in [0.25, 0.3) is 61.8 Å². The monoisotopic (exact) mass is 806 g/mol. The Morgan fingerprint density at radius 3 is 2.12 bits per heavy atom. The van der Waals surface area contributed by atoms with E-state index in [-0.39, 0.29) is 31.6 Å². The summed E-state index contributed by atoms with van der Waals surface area (Å²) in [6.45, 7) is 2.05. The van der Waals surface area contributed by atoms with Gasteiger partial charge in [0.15, 0.2) is 5.69 Å². The normalized spacial score (nSPS) is 10.6. The Hall–Kier alpha value is -6.10. The largest absolute Gasteiger partial charge is 0.335 e. The van der Waals surface area contributed by atoms with E-state index < -0.39 is 4.92 Å². The first-order valence-corrected chi connectivity index (χ1v) is 14.5. The van der Waals surface area contributed by atoms with E-state index in [2.05, 4.69) is 94.5 Å². The second kappa shape index (κ2) is 14.1. The van der Waals surface area contributed by atoms with Crippen molar-refractivity contribution in [1.82, 2.24) is 39.9 Å². The number of para-hydroxylation sites is 1. The fraction of sp³-hybridized carbons (Fsp3) is 0.0278. The number of hydrogen-bond donors (Lipinski definition) is 0. The van der Waals surface area contributed by atoms with Gasteiger partial charge in [-0.15, -0.1) is 51.7 Å². The number of nitrogens with zero attached hydrogens (tertiary/aromatic N) is 9. The molecule has 8 aromatic rings. The third-order valence-corrected chi connectivity index (χ3v) is 7.30. The standard InChI is InChI=1S/C23H16N3.C13H7N6O2.Ir/c1-16-12-13-20(25-15-16)19-9-6-8-18-17-7-2-3-10-21(17)26(23(18)19)22-11-4-5-14-24-22;20-19(21)10-6-4-9(5-7-10)12-15-17-13(18-16-12)11-3-1-2-8-14-11;/h2-8,10-15H,1H3;1-4,6-8H;/q2*-1;. The van der Waals surface area contributed by atoms with Crippen molar-refractivity contribution in [2.24, 2.45) is 0 Å². The van der Waals surface area contributed by atoms with E-state index in [1.54, 1.807) is 18.3 Å². The molecule has 0 aliphatic carbocycles. The SMILES string of the molecule is Cc1ccc(-c2[c-]ccc3c4ccccc4n(-c4ccccn4)c23)nc1.O=[N+]([O-])c1c[c-]c(-c2nnc(-c3ccccn3)nn2)cc1.[Ir]. The van der Waals surface area contributed by atoms with Crippen LogP contribution in [0.3, 0.4) is 0 Å². The number of non-ortho nitro benzene ring substituents is 1. The molecule has 8 rings (SSSR count). The Morgan fingerprint density at radius 2 is 1.46 bits per heavy atom. The van der Waals surface area contributed by atoms with Crippen LogP contribution in [0.5, 0.6) is 0 Å². The van der Waals surface area contributed by atoms with Crippen molar-refractivity contribution in [3.05, 3.63) is 150 Å². The molecule has 48 heavy (non-hydrogen) atoms. The number of nitro benzene ring substituents is 1. The fourth-order valence-electron chi connectivity index (χ4n) is 5.10. The van der Waals surface area contributed by atoms with Crippen molar-refractivity contribution in [3.8, 4) is 40.0 Å². The molecule has 5 heterocycles. The predicted octanol–water partition coefficient (Wildman–Crippen LogP) is 7.05. The fourth-order valence-corrected chi connectivity index (χ4v) is 5.10. The van der Waals surface area contributed by atoms with E-state index in [1.165, 1.54) is 29.0 Å². The van der Waals surface area contributed by atoms with Crippen LogP contribution in [0.4, 0.5) is 5.69 Å². The Labute approximate surface area is 287 Å². The zero-order valence-corrected chi connectivity index (χ0v) is 27.6. The zero-order valence-electron chi connectivity index (χ0n) is 25.2. The maximum absolute atomic E-state index is 10.6. The Kier molecular flexibility index (Phi) is 9.38. The van der Waals surface area contributed by atoms with Gasteiger partial charge in [0.2, 0.25) is 5.82 Å². The number of benzene rings is 3. The molecule has 235 valence electrons. The quantitative estimate of drug-likeness (QED) is 0.102. The molecule has 0 amide bonds. The first-order valence-electron chi connectivity index (χ1n) is 14.5. The molecule has 0 saturated heterocycles. The van der Waals surface area contributed by atoms with Crippen molar-refractivity contribution in [1.29, 1.82) is 0 Å². The van der Waals surface area contributed by atoms with Gasteiger partial charge < -0.3 is 9.55 Å². The summed E-state index contributed by atoms with van der Waals surface area (Å²) in [5.41, 5.74) is 6.27. The average Bonchev–Trinajstić information content (AvgIpc) is 3.48. The minimum absolute atomic E-state index is 0. The number of hydrogen-bond acceptors (Lipinski definition) is 9. The van der Waals surface area contributed by atoms with Crippen LogP contribution in [0, 0.1) is 29.2 Å². The van der Waals surface area contributed by atoms with Crippen molar-refractivity contribution in [2.75, 3.05) is 0 Å². The molecule has 5 aromatic heterocycles. The van der Waals surface area contributed by atoms with Crippen LogP contribution in [0.15, 0.2) is 122 Å². The topological polar surface area (TPSA) is 138 Å². The first kappa shape index (κ1) is 31.9. The third-order valence-electron chi connectivity index (χ3n) is 7.30. The van der Waals surface area contributed by atoms with Gasteiger partial charge in [-0.25, -0.2) is 4.98 Å². The molecule has 3 aromatic carbocycles. The van der Waals surface area contributed by atoms with E-state index in [4.69, 9.17) is 0 Å². The van der Waals surface area contributed by atoms with Crippen molar-refractivity contribution < 1.29 is 25.0 Å². The Morgan fingerprint density at radius 1 is 0.708 bits per heavy atom. The molecule has 0 N–H and O–H groups in total. The number of aromatic nitrogens is 8. The number of nitro groups is 1. The van der Waals surface area contributed by atoms with Crippen molar-refractivity contribution in [2.45, 2.75) is 6.92 Å². The van der Waals surface area contributed by atoms with E-state index in [9.17, 15) is 10.1 Å². The summed E-state index contributed by atoms with van der Waals surface area (Å²) >= 11 is 0. The number of pyridine rings is 3. The smallest absolute Gasteiger partial charge is 0.220 e. The minimum Gasteiger partial charge on any atom is -0.335 e. The summed E-state index contributed by atoms with van der Waals surface area (Å²) in [5, 5.41) is 28.7. The van der Waals surface area contributed by atoms with E-state index in [1.807, 2.05) is 49.6 Å². The molecule has 0 atom stereocenters. The molecule has 0 unspecified atom stereocenters. The number of fused-ring (bicyclic) bond motifs is 3. The number of aryl methyl sites for hydroxylation is 1. The van der Waals surface area contributed by atoms with Gasteiger partial charge in [0.1, 0.15) is 17.3 Å².